The van der Waals surface area contributed by atoms with E-state index in [-0.39, 0.29) is 12.6 Å². The third kappa shape index (κ3) is 2.16. The van der Waals surface area contributed by atoms with Crippen molar-refractivity contribution in [3.63, 3.8) is 0 Å². The van der Waals surface area contributed by atoms with E-state index in [1.807, 2.05) is 6.92 Å². The first-order valence-electron chi connectivity index (χ1n) is 5.03. The molecular weight excluding hydrogens is 208 g/mol. The zero-order valence-electron chi connectivity index (χ0n) is 8.93. The molecule has 0 aromatic heterocycles. The van der Waals surface area contributed by atoms with Crippen LogP contribution in [0.15, 0.2) is 30.5 Å². The van der Waals surface area contributed by atoms with Gasteiger partial charge in [-0.15, -0.1) is 0 Å². The quantitative estimate of drug-likeness (QED) is 0.443. The van der Waals surface area contributed by atoms with Gasteiger partial charge in [0.25, 0.3) is 0 Å². The monoisotopic (exact) mass is 220 g/mol. The molecule has 0 fully saturated rings. The van der Waals surface area contributed by atoms with Crippen molar-refractivity contribution in [3.05, 3.63) is 36.1 Å². The first-order valence-corrected chi connectivity index (χ1v) is 5.03. The first-order chi connectivity index (χ1) is 7.81. The summed E-state index contributed by atoms with van der Waals surface area (Å²) in [6, 6.07) is 5.09. The van der Waals surface area contributed by atoms with Gasteiger partial charge in [-0.25, -0.2) is 0 Å². The Morgan fingerprint density at radius 3 is 3.06 bits per heavy atom. The molecule has 1 aromatic carbocycles. The molecule has 0 amide bonds. The summed E-state index contributed by atoms with van der Waals surface area (Å²) >= 11 is 0. The Balaban J connectivity index is 2.12. The van der Waals surface area contributed by atoms with Gasteiger partial charge >= 0.3 is 0 Å². The Morgan fingerprint density at radius 1 is 1.44 bits per heavy atom. The van der Waals surface area contributed by atoms with E-state index in [0.29, 0.717) is 23.7 Å². The predicted molar refractivity (Wildman–Crippen MR) is 57.7 cm³/mol. The predicted octanol–water partition coefficient (Wildman–Crippen LogP) is 2.15. The number of carbonyl (C=O) groups excluding carboxylic acids is 1. The van der Waals surface area contributed by atoms with Crippen LogP contribution in [-0.2, 0) is 4.74 Å². The summed E-state index contributed by atoms with van der Waals surface area (Å²) in [5.74, 6) is 1.16. The number of rotatable bonds is 4. The molecule has 0 bridgehead atoms. The maximum absolute atomic E-state index is 11.7. The van der Waals surface area contributed by atoms with Crippen molar-refractivity contribution in [2.24, 2.45) is 0 Å². The molecule has 1 aromatic rings. The van der Waals surface area contributed by atoms with Gasteiger partial charge in [0.05, 0.1) is 12.9 Å². The Morgan fingerprint density at radius 2 is 2.25 bits per heavy atom. The van der Waals surface area contributed by atoms with Crippen LogP contribution in [0.3, 0.4) is 0 Å². The Kier molecular flexibility index (Phi) is 3.10. The van der Waals surface area contributed by atoms with Crippen LogP contribution in [0.4, 0.5) is 0 Å². The average Bonchev–Trinajstić information content (AvgIpc) is 2.76. The Bertz CT molecular complexity index is 423. The molecule has 16 heavy (non-hydrogen) atoms. The number of fused-ring (bicyclic) bond motifs is 1. The highest BCUT2D eigenvalue weighted by molar-refractivity contribution is 6.04. The van der Waals surface area contributed by atoms with Gasteiger partial charge < -0.3 is 14.2 Å². The maximum atomic E-state index is 11.7. The van der Waals surface area contributed by atoms with Gasteiger partial charge in [-0.2, -0.15) is 0 Å². The summed E-state index contributed by atoms with van der Waals surface area (Å²) in [6.07, 6.45) is 2.79. The largest absolute Gasteiger partial charge is 0.501 e. The summed E-state index contributed by atoms with van der Waals surface area (Å²) in [5.41, 5.74) is 0.556. The molecule has 0 radical (unpaired) electrons. The summed E-state index contributed by atoms with van der Waals surface area (Å²) in [5, 5.41) is 0. The standard InChI is InChI=1S/C12H12O4/c1-2-14-6-5-10(13)9-3-4-11-12(7-9)16-8-15-11/h3-7H,2,8H2,1H3. The fourth-order valence-electron chi connectivity index (χ4n) is 1.35. The number of carbonyl (C=O) groups is 1. The number of ketones is 1. The molecule has 2 rings (SSSR count). The van der Waals surface area contributed by atoms with Gasteiger partial charge in [-0.3, -0.25) is 4.79 Å². The van der Waals surface area contributed by atoms with E-state index in [4.69, 9.17) is 14.2 Å². The molecule has 4 heteroatoms. The van der Waals surface area contributed by atoms with Crippen LogP contribution in [0.5, 0.6) is 11.5 Å². The lowest BCUT2D eigenvalue weighted by molar-refractivity contribution is 0.104. The smallest absolute Gasteiger partial charge is 0.231 e. The van der Waals surface area contributed by atoms with Crippen LogP contribution >= 0.6 is 0 Å². The number of benzene rings is 1. The van der Waals surface area contributed by atoms with Crippen LogP contribution in [0, 0.1) is 0 Å². The molecule has 0 saturated carbocycles. The highest BCUT2D eigenvalue weighted by Gasteiger charge is 2.14. The minimum atomic E-state index is -0.119. The van der Waals surface area contributed by atoms with Crippen LogP contribution in [0.25, 0.3) is 0 Å². The molecule has 1 aliphatic rings. The molecule has 0 spiro atoms. The number of ether oxygens (including phenoxy) is 3. The minimum absolute atomic E-state index is 0.119. The number of allylic oxidation sites excluding steroid dienone is 1. The normalized spacial score (nSPS) is 13.1. The van der Waals surface area contributed by atoms with E-state index in [1.54, 1.807) is 18.2 Å². The van der Waals surface area contributed by atoms with Crippen molar-refractivity contribution < 1.29 is 19.0 Å². The molecule has 0 N–H and O–H groups in total. The van der Waals surface area contributed by atoms with E-state index in [0.717, 1.165) is 0 Å². The van der Waals surface area contributed by atoms with Gasteiger partial charge in [0, 0.05) is 11.6 Å². The lowest BCUT2D eigenvalue weighted by Crippen LogP contribution is -1.95. The van der Waals surface area contributed by atoms with Crippen molar-refractivity contribution in [3.8, 4) is 11.5 Å². The fraction of sp³-hybridized carbons (Fsp3) is 0.250. The average molecular weight is 220 g/mol. The molecule has 0 aliphatic carbocycles. The molecule has 1 heterocycles. The van der Waals surface area contributed by atoms with Crippen LogP contribution in [0.2, 0.25) is 0 Å². The Labute approximate surface area is 93.4 Å². The topological polar surface area (TPSA) is 44.8 Å². The maximum Gasteiger partial charge on any atom is 0.231 e. The van der Waals surface area contributed by atoms with E-state index in [9.17, 15) is 4.79 Å². The fourth-order valence-corrected chi connectivity index (χ4v) is 1.35. The van der Waals surface area contributed by atoms with E-state index in [2.05, 4.69) is 0 Å². The zero-order chi connectivity index (χ0) is 11.4. The van der Waals surface area contributed by atoms with Gasteiger partial charge in [0.2, 0.25) is 6.79 Å². The molecular formula is C12H12O4. The third-order valence-corrected chi connectivity index (χ3v) is 2.14. The SMILES string of the molecule is CCOC=CC(=O)c1ccc2c(c1)OCO2. The van der Waals surface area contributed by atoms with Crippen LogP contribution < -0.4 is 9.47 Å². The Hall–Kier alpha value is -1.97. The molecule has 4 nitrogen and oxygen atoms in total. The lowest BCUT2D eigenvalue weighted by Gasteiger charge is -1.99. The second-order valence-electron chi connectivity index (χ2n) is 3.19. The second-order valence-corrected chi connectivity index (χ2v) is 3.19. The summed E-state index contributed by atoms with van der Waals surface area (Å²) in [4.78, 5) is 11.7. The van der Waals surface area contributed by atoms with Crippen molar-refractivity contribution >= 4 is 5.78 Å². The van der Waals surface area contributed by atoms with Crippen molar-refractivity contribution in [2.75, 3.05) is 13.4 Å². The second kappa shape index (κ2) is 4.70. The molecule has 0 unspecified atom stereocenters. The molecule has 1 aliphatic heterocycles. The minimum Gasteiger partial charge on any atom is -0.501 e. The summed E-state index contributed by atoms with van der Waals surface area (Å²) in [7, 11) is 0. The van der Waals surface area contributed by atoms with Crippen LogP contribution in [0.1, 0.15) is 17.3 Å². The molecule has 84 valence electrons. The van der Waals surface area contributed by atoms with E-state index >= 15 is 0 Å². The lowest BCUT2D eigenvalue weighted by atomic mass is 10.1. The van der Waals surface area contributed by atoms with E-state index in [1.165, 1.54) is 12.3 Å². The van der Waals surface area contributed by atoms with Crippen LogP contribution in [-0.4, -0.2) is 19.2 Å². The summed E-state index contributed by atoms with van der Waals surface area (Å²) < 4.78 is 15.3. The molecule has 0 saturated heterocycles. The third-order valence-electron chi connectivity index (χ3n) is 2.14. The van der Waals surface area contributed by atoms with Gasteiger partial charge in [0.1, 0.15) is 0 Å². The van der Waals surface area contributed by atoms with Gasteiger partial charge in [0.15, 0.2) is 17.3 Å². The zero-order valence-corrected chi connectivity index (χ0v) is 8.93. The van der Waals surface area contributed by atoms with Crippen molar-refractivity contribution in [1.29, 1.82) is 0 Å². The number of hydrogen-bond acceptors (Lipinski definition) is 4. The highest BCUT2D eigenvalue weighted by Crippen LogP contribution is 2.32. The number of hydrogen-bond donors (Lipinski definition) is 0. The first kappa shape index (κ1) is 10.5. The highest BCUT2D eigenvalue weighted by atomic mass is 16.7. The van der Waals surface area contributed by atoms with Crippen molar-refractivity contribution in [1.82, 2.24) is 0 Å². The van der Waals surface area contributed by atoms with Crippen molar-refractivity contribution in [2.45, 2.75) is 6.92 Å². The van der Waals surface area contributed by atoms with Gasteiger partial charge in [-0.1, -0.05) is 0 Å². The van der Waals surface area contributed by atoms with E-state index < -0.39 is 0 Å². The molecule has 0 atom stereocenters. The summed E-state index contributed by atoms with van der Waals surface area (Å²) in [6.45, 7) is 2.61. The van der Waals surface area contributed by atoms with Gasteiger partial charge in [-0.05, 0) is 25.1 Å².